The largest absolute Gasteiger partial charge is 0.453 e. The first-order chi connectivity index (χ1) is 5.74. The van der Waals surface area contributed by atoms with Crippen LogP contribution in [0.1, 0.15) is 25.7 Å². The summed E-state index contributed by atoms with van der Waals surface area (Å²) in [6, 6.07) is -0.119. The molecule has 0 heterocycles. The second-order valence-electron chi connectivity index (χ2n) is 3.09. The highest BCUT2D eigenvalue weighted by Gasteiger charge is 2.24. The van der Waals surface area contributed by atoms with E-state index in [-0.39, 0.29) is 6.04 Å². The Bertz CT molecular complexity index is 160. The molecule has 0 saturated heterocycles. The molecule has 0 bridgehead atoms. The first kappa shape index (κ1) is 9.32. The summed E-state index contributed by atoms with van der Waals surface area (Å²) in [5.41, 5.74) is 0. The van der Waals surface area contributed by atoms with E-state index in [1.807, 2.05) is 0 Å². The molecule has 12 heavy (non-hydrogen) atoms. The molecular formula is C8H15NO3. The summed E-state index contributed by atoms with van der Waals surface area (Å²) in [4.78, 5) is 10.8. The lowest BCUT2D eigenvalue weighted by molar-refractivity contribution is 0.0846. The van der Waals surface area contributed by atoms with Crippen LogP contribution in [0.15, 0.2) is 0 Å². The maximum Gasteiger partial charge on any atom is 0.407 e. The number of amides is 1. The Morgan fingerprint density at radius 2 is 2.17 bits per heavy atom. The van der Waals surface area contributed by atoms with Gasteiger partial charge in [-0.1, -0.05) is 12.8 Å². The van der Waals surface area contributed by atoms with Gasteiger partial charge in [0.05, 0.1) is 19.3 Å². The summed E-state index contributed by atoms with van der Waals surface area (Å²) in [5, 5.41) is 12.1. The minimum Gasteiger partial charge on any atom is -0.453 e. The number of hydrogen-bond acceptors (Lipinski definition) is 3. The molecule has 1 saturated carbocycles. The lowest BCUT2D eigenvalue weighted by Gasteiger charge is -2.27. The first-order valence-electron chi connectivity index (χ1n) is 4.26. The fourth-order valence-corrected chi connectivity index (χ4v) is 1.49. The molecule has 0 aromatic rings. The van der Waals surface area contributed by atoms with Crippen molar-refractivity contribution in [2.75, 3.05) is 7.11 Å². The standard InChI is InChI=1S/C8H15NO3/c1-12-8(11)9-6-4-2-3-5-7(6)10/h6-7,10H,2-5H2,1H3,(H,9,11)/t6-,7-/m0/s1. The average Bonchev–Trinajstić information content (AvgIpc) is 2.09. The number of nitrogens with one attached hydrogen (secondary N) is 1. The Kier molecular flexibility index (Phi) is 3.34. The maximum absolute atomic E-state index is 10.8. The van der Waals surface area contributed by atoms with Crippen molar-refractivity contribution >= 4 is 6.09 Å². The molecule has 4 nitrogen and oxygen atoms in total. The Labute approximate surface area is 71.9 Å². The third kappa shape index (κ3) is 2.37. The molecule has 0 spiro atoms. The van der Waals surface area contributed by atoms with E-state index < -0.39 is 12.2 Å². The van der Waals surface area contributed by atoms with Crippen molar-refractivity contribution in [3.05, 3.63) is 0 Å². The van der Waals surface area contributed by atoms with Crippen LogP contribution in [0.3, 0.4) is 0 Å². The van der Waals surface area contributed by atoms with E-state index in [1.165, 1.54) is 7.11 Å². The molecule has 0 radical (unpaired) electrons. The molecule has 0 aliphatic heterocycles. The number of carbonyl (C=O) groups excluding carboxylic acids is 1. The van der Waals surface area contributed by atoms with Gasteiger partial charge in [-0.25, -0.2) is 4.79 Å². The van der Waals surface area contributed by atoms with Gasteiger partial charge < -0.3 is 15.2 Å². The summed E-state index contributed by atoms with van der Waals surface area (Å²) in [5.74, 6) is 0. The summed E-state index contributed by atoms with van der Waals surface area (Å²) in [6.07, 6.45) is 2.86. The van der Waals surface area contributed by atoms with Gasteiger partial charge in [0.15, 0.2) is 0 Å². The maximum atomic E-state index is 10.8. The van der Waals surface area contributed by atoms with Crippen molar-refractivity contribution < 1.29 is 14.6 Å². The normalized spacial score (nSPS) is 29.5. The van der Waals surface area contributed by atoms with E-state index in [0.29, 0.717) is 0 Å². The predicted octanol–water partition coefficient (Wildman–Crippen LogP) is 0.646. The van der Waals surface area contributed by atoms with Crippen LogP contribution < -0.4 is 5.32 Å². The van der Waals surface area contributed by atoms with E-state index >= 15 is 0 Å². The fourth-order valence-electron chi connectivity index (χ4n) is 1.49. The molecule has 4 heteroatoms. The van der Waals surface area contributed by atoms with E-state index in [4.69, 9.17) is 0 Å². The van der Waals surface area contributed by atoms with Gasteiger partial charge in [-0.05, 0) is 12.8 Å². The van der Waals surface area contributed by atoms with Crippen molar-refractivity contribution in [3.8, 4) is 0 Å². The summed E-state index contributed by atoms with van der Waals surface area (Å²) in [6.45, 7) is 0. The quantitative estimate of drug-likeness (QED) is 0.612. The Balaban J connectivity index is 2.33. The van der Waals surface area contributed by atoms with Crippen molar-refractivity contribution in [2.24, 2.45) is 0 Å². The highest BCUT2D eigenvalue weighted by molar-refractivity contribution is 5.67. The predicted molar refractivity (Wildman–Crippen MR) is 43.8 cm³/mol. The van der Waals surface area contributed by atoms with Crippen LogP contribution in [0.2, 0.25) is 0 Å². The monoisotopic (exact) mass is 173 g/mol. The van der Waals surface area contributed by atoms with Crippen molar-refractivity contribution in [1.29, 1.82) is 0 Å². The number of ether oxygens (including phenoxy) is 1. The van der Waals surface area contributed by atoms with E-state index in [9.17, 15) is 9.90 Å². The highest BCUT2D eigenvalue weighted by atomic mass is 16.5. The van der Waals surface area contributed by atoms with Crippen molar-refractivity contribution in [3.63, 3.8) is 0 Å². The fraction of sp³-hybridized carbons (Fsp3) is 0.875. The van der Waals surface area contributed by atoms with Crippen LogP contribution in [0.25, 0.3) is 0 Å². The van der Waals surface area contributed by atoms with E-state index in [1.54, 1.807) is 0 Å². The third-order valence-electron chi connectivity index (χ3n) is 2.22. The second-order valence-corrected chi connectivity index (χ2v) is 3.09. The molecule has 1 aliphatic rings. The number of carbonyl (C=O) groups is 1. The van der Waals surface area contributed by atoms with Gasteiger partial charge in [-0.15, -0.1) is 0 Å². The lowest BCUT2D eigenvalue weighted by atomic mass is 9.93. The molecule has 1 fully saturated rings. The van der Waals surface area contributed by atoms with Gasteiger partial charge in [0, 0.05) is 0 Å². The van der Waals surface area contributed by atoms with Crippen LogP contribution in [-0.4, -0.2) is 30.5 Å². The minimum absolute atomic E-state index is 0.119. The van der Waals surface area contributed by atoms with Crippen LogP contribution >= 0.6 is 0 Å². The molecule has 0 aromatic carbocycles. The zero-order valence-corrected chi connectivity index (χ0v) is 7.25. The van der Waals surface area contributed by atoms with E-state index in [2.05, 4.69) is 10.1 Å². The molecule has 1 amide bonds. The molecule has 2 atom stereocenters. The van der Waals surface area contributed by atoms with Gasteiger partial charge in [-0.2, -0.15) is 0 Å². The Hall–Kier alpha value is -0.770. The summed E-state index contributed by atoms with van der Waals surface area (Å²) < 4.78 is 4.44. The number of methoxy groups -OCH3 is 1. The summed E-state index contributed by atoms with van der Waals surface area (Å²) in [7, 11) is 1.32. The lowest BCUT2D eigenvalue weighted by Crippen LogP contribution is -2.44. The molecule has 1 aliphatic carbocycles. The number of alkyl carbamates (subject to hydrolysis) is 1. The molecular weight excluding hydrogens is 158 g/mol. The van der Waals surface area contributed by atoms with Crippen molar-refractivity contribution in [2.45, 2.75) is 37.8 Å². The molecule has 0 aromatic heterocycles. The number of rotatable bonds is 1. The highest BCUT2D eigenvalue weighted by Crippen LogP contribution is 2.18. The van der Waals surface area contributed by atoms with Gasteiger partial charge in [-0.3, -0.25) is 0 Å². The van der Waals surface area contributed by atoms with E-state index in [0.717, 1.165) is 25.7 Å². The zero-order chi connectivity index (χ0) is 8.97. The average molecular weight is 173 g/mol. The van der Waals surface area contributed by atoms with Crippen molar-refractivity contribution in [1.82, 2.24) is 5.32 Å². The Morgan fingerprint density at radius 1 is 1.50 bits per heavy atom. The number of aliphatic hydroxyl groups is 1. The van der Waals surface area contributed by atoms with Crippen LogP contribution in [-0.2, 0) is 4.74 Å². The van der Waals surface area contributed by atoms with Gasteiger partial charge in [0.1, 0.15) is 0 Å². The Morgan fingerprint density at radius 3 is 2.75 bits per heavy atom. The molecule has 0 unspecified atom stereocenters. The number of aliphatic hydroxyl groups excluding tert-OH is 1. The minimum atomic E-state index is -0.457. The summed E-state index contributed by atoms with van der Waals surface area (Å²) >= 11 is 0. The second kappa shape index (κ2) is 4.30. The van der Waals surface area contributed by atoms with Crippen LogP contribution in [0, 0.1) is 0 Å². The van der Waals surface area contributed by atoms with Crippen LogP contribution in [0.5, 0.6) is 0 Å². The third-order valence-corrected chi connectivity index (χ3v) is 2.22. The van der Waals surface area contributed by atoms with Gasteiger partial charge in [0.2, 0.25) is 0 Å². The number of hydrogen-bond donors (Lipinski definition) is 2. The van der Waals surface area contributed by atoms with Crippen LogP contribution in [0.4, 0.5) is 4.79 Å². The molecule has 70 valence electrons. The first-order valence-corrected chi connectivity index (χ1v) is 4.26. The topological polar surface area (TPSA) is 58.6 Å². The van der Waals surface area contributed by atoms with Gasteiger partial charge in [0.25, 0.3) is 0 Å². The zero-order valence-electron chi connectivity index (χ0n) is 7.25. The SMILES string of the molecule is COC(=O)N[C@H]1CCCC[C@@H]1O. The molecule has 1 rings (SSSR count). The smallest absolute Gasteiger partial charge is 0.407 e. The van der Waals surface area contributed by atoms with Gasteiger partial charge >= 0.3 is 6.09 Å². The molecule has 2 N–H and O–H groups in total.